The van der Waals surface area contributed by atoms with Gasteiger partial charge in [0.25, 0.3) is 5.91 Å². The van der Waals surface area contributed by atoms with Gasteiger partial charge in [0.2, 0.25) is 0 Å². The van der Waals surface area contributed by atoms with Gasteiger partial charge in [-0.2, -0.15) is 0 Å². The van der Waals surface area contributed by atoms with Gasteiger partial charge in [0, 0.05) is 35.2 Å². The Bertz CT molecular complexity index is 1060. The first kappa shape index (κ1) is 17.4. The number of carbonyl (C=O) groups excluding carboxylic acids is 1. The molecule has 27 heavy (non-hydrogen) atoms. The summed E-state index contributed by atoms with van der Waals surface area (Å²) in [6.07, 6.45) is 2.55. The fraction of sp³-hybridized carbons (Fsp3) is 0.227. The molecule has 3 heterocycles. The smallest absolute Gasteiger partial charge is 0.254 e. The van der Waals surface area contributed by atoms with Crippen LogP contribution in [0.3, 0.4) is 0 Å². The molecule has 0 aliphatic carbocycles. The molecule has 1 aliphatic heterocycles. The molecule has 5 heteroatoms. The van der Waals surface area contributed by atoms with E-state index in [-0.39, 0.29) is 5.91 Å². The number of aryl methyl sites for hydroxylation is 2. The van der Waals surface area contributed by atoms with E-state index in [2.05, 4.69) is 21.8 Å². The molecule has 2 aromatic heterocycles. The summed E-state index contributed by atoms with van der Waals surface area (Å²) < 4.78 is 0. The first-order valence-corrected chi connectivity index (χ1v) is 9.70. The van der Waals surface area contributed by atoms with E-state index in [1.54, 1.807) is 17.5 Å². The largest absolute Gasteiger partial charge is 0.333 e. The molecule has 0 spiro atoms. The third kappa shape index (κ3) is 3.76. The van der Waals surface area contributed by atoms with Gasteiger partial charge in [-0.15, -0.1) is 11.3 Å². The summed E-state index contributed by atoms with van der Waals surface area (Å²) in [7, 11) is 0. The van der Waals surface area contributed by atoms with Gasteiger partial charge in [0.05, 0.1) is 17.2 Å². The SMILES string of the molecule is Cc1nc2c(s1)CN(C(=O)c1ccc(C)c(C#Cc3ccccn3)c1)CC2. The van der Waals surface area contributed by atoms with Crippen LogP contribution in [0.15, 0.2) is 42.6 Å². The summed E-state index contributed by atoms with van der Waals surface area (Å²) in [6.45, 7) is 5.37. The number of hydrogen-bond donors (Lipinski definition) is 0. The number of rotatable bonds is 1. The van der Waals surface area contributed by atoms with E-state index in [1.807, 2.05) is 55.1 Å². The van der Waals surface area contributed by atoms with E-state index in [0.29, 0.717) is 18.7 Å². The second kappa shape index (κ2) is 7.34. The van der Waals surface area contributed by atoms with E-state index in [9.17, 15) is 4.79 Å². The maximum Gasteiger partial charge on any atom is 0.254 e. The van der Waals surface area contributed by atoms with Crippen molar-refractivity contribution in [2.75, 3.05) is 6.54 Å². The van der Waals surface area contributed by atoms with Crippen LogP contribution >= 0.6 is 11.3 Å². The van der Waals surface area contributed by atoms with Crippen molar-refractivity contribution in [3.8, 4) is 11.8 Å². The van der Waals surface area contributed by atoms with Gasteiger partial charge in [-0.3, -0.25) is 4.79 Å². The van der Waals surface area contributed by atoms with Crippen molar-refractivity contribution in [2.24, 2.45) is 0 Å². The van der Waals surface area contributed by atoms with E-state index >= 15 is 0 Å². The molecule has 0 fully saturated rings. The highest BCUT2D eigenvalue weighted by molar-refractivity contribution is 7.11. The second-order valence-corrected chi connectivity index (χ2v) is 7.86. The average Bonchev–Trinajstić information content (AvgIpc) is 3.06. The van der Waals surface area contributed by atoms with Gasteiger partial charge in [0.15, 0.2) is 0 Å². The average molecular weight is 373 g/mol. The summed E-state index contributed by atoms with van der Waals surface area (Å²) in [5.41, 5.74) is 4.45. The molecule has 4 rings (SSSR count). The molecule has 0 saturated carbocycles. The maximum atomic E-state index is 13.0. The summed E-state index contributed by atoms with van der Waals surface area (Å²) in [5.74, 6) is 6.27. The first-order chi connectivity index (χ1) is 13.1. The van der Waals surface area contributed by atoms with Crippen molar-refractivity contribution in [1.29, 1.82) is 0 Å². The van der Waals surface area contributed by atoms with Crippen LogP contribution < -0.4 is 0 Å². The van der Waals surface area contributed by atoms with Gasteiger partial charge < -0.3 is 4.90 Å². The van der Waals surface area contributed by atoms with E-state index < -0.39 is 0 Å². The maximum absolute atomic E-state index is 13.0. The van der Waals surface area contributed by atoms with Crippen molar-refractivity contribution in [3.05, 3.63) is 80.6 Å². The third-order valence-corrected chi connectivity index (χ3v) is 5.60. The molecule has 0 N–H and O–H groups in total. The normalized spacial score (nSPS) is 12.9. The zero-order valence-corrected chi connectivity index (χ0v) is 16.1. The minimum Gasteiger partial charge on any atom is -0.333 e. The topological polar surface area (TPSA) is 46.1 Å². The molecule has 0 saturated heterocycles. The molecule has 1 aliphatic rings. The fourth-order valence-electron chi connectivity index (χ4n) is 3.14. The summed E-state index contributed by atoms with van der Waals surface area (Å²) >= 11 is 1.68. The molecule has 0 bridgehead atoms. The van der Waals surface area contributed by atoms with Crippen LogP contribution in [0.5, 0.6) is 0 Å². The molecule has 134 valence electrons. The number of pyridine rings is 1. The number of thiazole rings is 1. The monoisotopic (exact) mass is 373 g/mol. The van der Waals surface area contributed by atoms with Crippen LogP contribution in [-0.4, -0.2) is 27.3 Å². The van der Waals surface area contributed by atoms with Gasteiger partial charge in [0.1, 0.15) is 5.69 Å². The standard InChI is InChI=1S/C22H19N3OS/c1-15-6-7-18(13-17(15)8-9-19-5-3-4-11-23-19)22(26)25-12-10-20-21(14-25)27-16(2)24-20/h3-7,11,13H,10,12,14H2,1-2H3. The Morgan fingerprint density at radius 3 is 2.89 bits per heavy atom. The van der Waals surface area contributed by atoms with E-state index in [0.717, 1.165) is 33.9 Å². The highest BCUT2D eigenvalue weighted by Gasteiger charge is 2.24. The predicted molar refractivity (Wildman–Crippen MR) is 107 cm³/mol. The summed E-state index contributed by atoms with van der Waals surface area (Å²) in [5, 5.41) is 1.07. The third-order valence-electron chi connectivity index (χ3n) is 4.60. The molecule has 1 amide bonds. The van der Waals surface area contributed by atoms with Crippen LogP contribution in [0, 0.1) is 25.7 Å². The van der Waals surface area contributed by atoms with Crippen molar-refractivity contribution in [3.63, 3.8) is 0 Å². The molecule has 1 aromatic carbocycles. The Hall–Kier alpha value is -2.97. The summed E-state index contributed by atoms with van der Waals surface area (Å²) in [4.78, 5) is 24.9. The molecule has 3 aromatic rings. The number of hydrogen-bond acceptors (Lipinski definition) is 4. The molecular formula is C22H19N3OS. The molecule has 0 radical (unpaired) electrons. The van der Waals surface area contributed by atoms with Crippen LogP contribution in [0.4, 0.5) is 0 Å². The van der Waals surface area contributed by atoms with E-state index in [4.69, 9.17) is 0 Å². The Morgan fingerprint density at radius 1 is 1.19 bits per heavy atom. The second-order valence-electron chi connectivity index (χ2n) is 6.57. The fourth-order valence-corrected chi connectivity index (χ4v) is 4.14. The van der Waals surface area contributed by atoms with Gasteiger partial charge >= 0.3 is 0 Å². The van der Waals surface area contributed by atoms with Crippen LogP contribution in [0.1, 0.15) is 42.8 Å². The lowest BCUT2D eigenvalue weighted by Crippen LogP contribution is -2.35. The Balaban J connectivity index is 1.58. The van der Waals surface area contributed by atoms with Crippen LogP contribution in [0.2, 0.25) is 0 Å². The van der Waals surface area contributed by atoms with Gasteiger partial charge in [-0.05, 0) is 49.6 Å². The highest BCUT2D eigenvalue weighted by atomic mass is 32.1. The van der Waals surface area contributed by atoms with Crippen molar-refractivity contribution >= 4 is 17.2 Å². The van der Waals surface area contributed by atoms with Crippen LogP contribution in [0.25, 0.3) is 0 Å². The van der Waals surface area contributed by atoms with Gasteiger partial charge in [-0.25, -0.2) is 9.97 Å². The minimum absolute atomic E-state index is 0.0487. The van der Waals surface area contributed by atoms with E-state index in [1.165, 1.54) is 4.88 Å². The quantitative estimate of drug-likeness (QED) is 0.610. The predicted octanol–water partition coefficient (Wildman–Crippen LogP) is 3.75. The highest BCUT2D eigenvalue weighted by Crippen LogP contribution is 2.26. The zero-order chi connectivity index (χ0) is 18.8. The van der Waals surface area contributed by atoms with Crippen molar-refractivity contribution < 1.29 is 4.79 Å². The number of nitrogens with zero attached hydrogens (tertiary/aromatic N) is 3. The Labute approximate surface area is 162 Å². The number of fused-ring (bicyclic) bond motifs is 1. The van der Waals surface area contributed by atoms with Crippen molar-refractivity contribution in [1.82, 2.24) is 14.9 Å². The Morgan fingerprint density at radius 2 is 2.07 bits per heavy atom. The molecule has 4 nitrogen and oxygen atoms in total. The minimum atomic E-state index is 0.0487. The number of benzene rings is 1. The van der Waals surface area contributed by atoms with Crippen molar-refractivity contribution in [2.45, 2.75) is 26.8 Å². The summed E-state index contributed by atoms with van der Waals surface area (Å²) in [6, 6.07) is 11.4. The molecule has 0 atom stereocenters. The zero-order valence-electron chi connectivity index (χ0n) is 15.3. The molecule has 0 unspecified atom stereocenters. The Kier molecular flexibility index (Phi) is 4.74. The molecular weight excluding hydrogens is 354 g/mol. The van der Waals surface area contributed by atoms with Crippen LogP contribution in [-0.2, 0) is 13.0 Å². The van der Waals surface area contributed by atoms with Gasteiger partial charge in [-0.1, -0.05) is 18.1 Å². The lowest BCUT2D eigenvalue weighted by molar-refractivity contribution is 0.0736. The first-order valence-electron chi connectivity index (χ1n) is 8.88. The lowest BCUT2D eigenvalue weighted by Gasteiger charge is -2.26. The number of carbonyl (C=O) groups is 1. The number of amides is 1. The lowest BCUT2D eigenvalue weighted by atomic mass is 10.0. The number of aromatic nitrogens is 2.